The number of carbonyl (C=O) groups is 1. The number of likely N-dealkylation sites (tertiary alicyclic amines) is 1. The monoisotopic (exact) mass is 261 g/mol. The number of amides is 1. The van der Waals surface area contributed by atoms with Crippen LogP contribution in [0.1, 0.15) is 43.0 Å². The zero-order valence-corrected chi connectivity index (χ0v) is 11.2. The quantitative estimate of drug-likeness (QED) is 0.821. The van der Waals surface area contributed by atoms with Gasteiger partial charge in [-0.3, -0.25) is 4.79 Å². The Labute approximate surface area is 113 Å². The van der Waals surface area contributed by atoms with E-state index in [1.165, 1.54) is 6.42 Å². The van der Waals surface area contributed by atoms with E-state index in [1.807, 2.05) is 17.0 Å². The van der Waals surface area contributed by atoms with Crippen LogP contribution >= 0.6 is 0 Å². The van der Waals surface area contributed by atoms with Gasteiger partial charge >= 0.3 is 0 Å². The Morgan fingerprint density at radius 2 is 2.16 bits per heavy atom. The number of fused-ring (bicyclic) bond motifs is 1. The highest BCUT2D eigenvalue weighted by atomic mass is 16.7. The second-order valence-electron chi connectivity index (χ2n) is 5.12. The first-order valence-corrected chi connectivity index (χ1v) is 7.00. The molecule has 2 aliphatic heterocycles. The van der Waals surface area contributed by atoms with E-state index in [2.05, 4.69) is 6.92 Å². The lowest BCUT2D eigenvalue weighted by Crippen LogP contribution is -2.43. The third kappa shape index (κ3) is 2.27. The molecule has 3 rings (SSSR count). The number of hydrogen-bond acceptors (Lipinski definition) is 3. The summed E-state index contributed by atoms with van der Waals surface area (Å²) in [6.07, 6.45) is 4.47. The standard InChI is InChI=1S/C15H19NO3/c1-2-12-5-3-4-8-16(12)15(17)11-6-7-13-14(9-11)19-10-18-13/h6-7,9,12H,2-5,8,10H2,1H3. The van der Waals surface area contributed by atoms with Crippen molar-refractivity contribution < 1.29 is 14.3 Å². The van der Waals surface area contributed by atoms with Crippen LogP contribution in [0.5, 0.6) is 11.5 Å². The van der Waals surface area contributed by atoms with Crippen LogP contribution in [0.2, 0.25) is 0 Å². The molecule has 0 saturated carbocycles. The SMILES string of the molecule is CCC1CCCCN1C(=O)c1ccc2c(c1)OCO2. The van der Waals surface area contributed by atoms with Crippen LogP contribution in [0.25, 0.3) is 0 Å². The van der Waals surface area contributed by atoms with Gasteiger partial charge in [-0.15, -0.1) is 0 Å². The van der Waals surface area contributed by atoms with Gasteiger partial charge in [0.15, 0.2) is 11.5 Å². The number of rotatable bonds is 2. The number of piperidine rings is 1. The van der Waals surface area contributed by atoms with Gasteiger partial charge < -0.3 is 14.4 Å². The summed E-state index contributed by atoms with van der Waals surface area (Å²) in [5, 5.41) is 0. The Balaban J connectivity index is 1.82. The van der Waals surface area contributed by atoms with Crippen LogP contribution in [0.3, 0.4) is 0 Å². The molecule has 1 fully saturated rings. The molecule has 19 heavy (non-hydrogen) atoms. The van der Waals surface area contributed by atoms with Gasteiger partial charge in [-0.05, 0) is 43.9 Å². The molecule has 1 aromatic carbocycles. The van der Waals surface area contributed by atoms with Crippen molar-refractivity contribution in [3.63, 3.8) is 0 Å². The van der Waals surface area contributed by atoms with Crippen molar-refractivity contribution in [3.8, 4) is 11.5 Å². The molecule has 0 N–H and O–H groups in total. The van der Waals surface area contributed by atoms with Gasteiger partial charge in [0.05, 0.1) is 0 Å². The maximum Gasteiger partial charge on any atom is 0.254 e. The summed E-state index contributed by atoms with van der Waals surface area (Å²) >= 11 is 0. The number of ether oxygens (including phenoxy) is 2. The molecule has 1 atom stereocenters. The minimum Gasteiger partial charge on any atom is -0.454 e. The third-order valence-electron chi connectivity index (χ3n) is 3.98. The topological polar surface area (TPSA) is 38.8 Å². The Bertz CT molecular complexity index is 486. The predicted octanol–water partition coefficient (Wildman–Crippen LogP) is 2.82. The fourth-order valence-electron chi connectivity index (χ4n) is 2.89. The summed E-state index contributed by atoms with van der Waals surface area (Å²) in [5.41, 5.74) is 0.699. The first-order chi connectivity index (χ1) is 9.29. The molecular weight excluding hydrogens is 242 g/mol. The molecule has 0 aromatic heterocycles. The molecule has 1 saturated heterocycles. The predicted molar refractivity (Wildman–Crippen MR) is 71.5 cm³/mol. The van der Waals surface area contributed by atoms with E-state index in [1.54, 1.807) is 6.07 Å². The summed E-state index contributed by atoms with van der Waals surface area (Å²) in [5.74, 6) is 1.52. The minimum atomic E-state index is 0.116. The Morgan fingerprint density at radius 1 is 1.32 bits per heavy atom. The first-order valence-electron chi connectivity index (χ1n) is 7.00. The van der Waals surface area contributed by atoms with Crippen molar-refractivity contribution in [2.75, 3.05) is 13.3 Å². The van der Waals surface area contributed by atoms with Gasteiger partial charge in [-0.2, -0.15) is 0 Å². The van der Waals surface area contributed by atoms with Crippen molar-refractivity contribution in [2.24, 2.45) is 0 Å². The summed E-state index contributed by atoms with van der Waals surface area (Å²) in [4.78, 5) is 14.6. The third-order valence-corrected chi connectivity index (χ3v) is 3.98. The van der Waals surface area contributed by atoms with Gasteiger partial charge in [0.2, 0.25) is 6.79 Å². The lowest BCUT2D eigenvalue weighted by Gasteiger charge is -2.35. The van der Waals surface area contributed by atoms with Crippen LogP contribution in [0, 0.1) is 0 Å². The Morgan fingerprint density at radius 3 is 3.00 bits per heavy atom. The summed E-state index contributed by atoms with van der Waals surface area (Å²) < 4.78 is 10.6. The fourth-order valence-corrected chi connectivity index (χ4v) is 2.89. The fraction of sp³-hybridized carbons (Fsp3) is 0.533. The smallest absolute Gasteiger partial charge is 0.254 e. The Kier molecular flexibility index (Phi) is 3.32. The molecule has 102 valence electrons. The van der Waals surface area contributed by atoms with E-state index in [4.69, 9.17) is 9.47 Å². The van der Waals surface area contributed by atoms with E-state index in [0.717, 1.165) is 31.6 Å². The van der Waals surface area contributed by atoms with Crippen LogP contribution < -0.4 is 9.47 Å². The molecular formula is C15H19NO3. The van der Waals surface area contributed by atoms with Crippen LogP contribution in [0.4, 0.5) is 0 Å². The van der Waals surface area contributed by atoms with Gasteiger partial charge in [0, 0.05) is 18.2 Å². The zero-order valence-electron chi connectivity index (χ0n) is 11.2. The normalized spacial score (nSPS) is 21.5. The molecule has 2 heterocycles. The van der Waals surface area contributed by atoms with Crippen LogP contribution in [0.15, 0.2) is 18.2 Å². The van der Waals surface area contributed by atoms with E-state index >= 15 is 0 Å². The molecule has 2 aliphatic rings. The number of hydrogen-bond donors (Lipinski definition) is 0. The summed E-state index contributed by atoms with van der Waals surface area (Å²) in [7, 11) is 0. The minimum absolute atomic E-state index is 0.116. The van der Waals surface area contributed by atoms with Gasteiger partial charge in [0.1, 0.15) is 0 Å². The van der Waals surface area contributed by atoms with Gasteiger partial charge in [-0.1, -0.05) is 6.92 Å². The second-order valence-corrected chi connectivity index (χ2v) is 5.12. The van der Waals surface area contributed by atoms with E-state index in [0.29, 0.717) is 17.4 Å². The highest BCUT2D eigenvalue weighted by Gasteiger charge is 2.27. The van der Waals surface area contributed by atoms with Crippen molar-refractivity contribution >= 4 is 5.91 Å². The molecule has 0 bridgehead atoms. The lowest BCUT2D eigenvalue weighted by molar-refractivity contribution is 0.0607. The number of nitrogens with zero attached hydrogens (tertiary/aromatic N) is 1. The number of carbonyl (C=O) groups excluding carboxylic acids is 1. The van der Waals surface area contributed by atoms with E-state index in [-0.39, 0.29) is 12.7 Å². The molecule has 1 amide bonds. The van der Waals surface area contributed by atoms with Crippen molar-refractivity contribution in [3.05, 3.63) is 23.8 Å². The maximum atomic E-state index is 12.6. The average Bonchev–Trinajstić information content (AvgIpc) is 2.93. The molecule has 0 spiro atoms. The van der Waals surface area contributed by atoms with Gasteiger partial charge in [0.25, 0.3) is 5.91 Å². The highest BCUT2D eigenvalue weighted by Crippen LogP contribution is 2.33. The largest absolute Gasteiger partial charge is 0.454 e. The summed E-state index contributed by atoms with van der Waals surface area (Å²) in [6, 6.07) is 5.83. The van der Waals surface area contributed by atoms with E-state index < -0.39 is 0 Å². The molecule has 4 nitrogen and oxygen atoms in total. The van der Waals surface area contributed by atoms with Crippen LogP contribution in [-0.4, -0.2) is 30.2 Å². The first kappa shape index (κ1) is 12.3. The molecule has 1 aromatic rings. The second kappa shape index (κ2) is 5.11. The average molecular weight is 261 g/mol. The maximum absolute atomic E-state index is 12.6. The lowest BCUT2D eigenvalue weighted by atomic mass is 9.99. The van der Waals surface area contributed by atoms with E-state index in [9.17, 15) is 4.79 Å². The van der Waals surface area contributed by atoms with Crippen molar-refractivity contribution in [1.29, 1.82) is 0 Å². The van der Waals surface area contributed by atoms with Gasteiger partial charge in [-0.25, -0.2) is 0 Å². The summed E-state index contributed by atoms with van der Waals surface area (Å²) in [6.45, 7) is 3.26. The number of benzene rings is 1. The molecule has 4 heteroatoms. The highest BCUT2D eigenvalue weighted by molar-refractivity contribution is 5.95. The Hall–Kier alpha value is -1.71. The molecule has 0 radical (unpaired) electrons. The van der Waals surface area contributed by atoms with Crippen LogP contribution in [-0.2, 0) is 0 Å². The van der Waals surface area contributed by atoms with Crippen molar-refractivity contribution in [2.45, 2.75) is 38.6 Å². The zero-order chi connectivity index (χ0) is 13.2. The molecule has 0 aliphatic carbocycles. The van der Waals surface area contributed by atoms with Crippen molar-refractivity contribution in [1.82, 2.24) is 4.90 Å². The molecule has 1 unspecified atom stereocenters.